The molecule has 0 aromatic carbocycles. The zero-order valence-corrected chi connectivity index (χ0v) is 10.2. The van der Waals surface area contributed by atoms with Crippen LogP contribution < -0.4 is 10.2 Å². The number of hydrogen-bond acceptors (Lipinski definition) is 5. The Morgan fingerprint density at radius 3 is 2.81 bits per heavy atom. The lowest BCUT2D eigenvalue weighted by Crippen LogP contribution is -2.24. The summed E-state index contributed by atoms with van der Waals surface area (Å²) in [5.74, 6) is 2.33. The molecule has 1 unspecified atom stereocenters. The van der Waals surface area contributed by atoms with Gasteiger partial charge in [-0.15, -0.1) is 0 Å². The molecular formula is C11H17N5. The molecule has 0 saturated carbocycles. The standard InChI is InChI=1S/C11H17N5/c1-8(6-12)7-16(4)11-5-10(13-3)14-9(2)15-11/h5,8H,7H2,1-4H3,(H,13,14,15). The van der Waals surface area contributed by atoms with Crippen LogP contribution in [0.3, 0.4) is 0 Å². The lowest BCUT2D eigenvalue weighted by Gasteiger charge is -2.20. The number of aryl methyl sites for hydroxylation is 1. The molecule has 0 amide bonds. The van der Waals surface area contributed by atoms with Crippen LogP contribution in [0.1, 0.15) is 12.7 Å². The minimum Gasteiger partial charge on any atom is -0.373 e. The fraction of sp³-hybridized carbons (Fsp3) is 0.545. The Bertz CT molecular complexity index is 396. The van der Waals surface area contributed by atoms with Crippen molar-refractivity contribution in [2.24, 2.45) is 5.92 Å². The Labute approximate surface area is 96.1 Å². The minimum atomic E-state index is -0.0155. The fourth-order valence-corrected chi connectivity index (χ4v) is 1.42. The summed E-state index contributed by atoms with van der Waals surface area (Å²) in [6, 6.07) is 4.08. The van der Waals surface area contributed by atoms with E-state index in [1.165, 1.54) is 0 Å². The molecule has 1 aromatic heterocycles. The summed E-state index contributed by atoms with van der Waals surface area (Å²) in [4.78, 5) is 10.5. The van der Waals surface area contributed by atoms with Crippen LogP contribution in [0.25, 0.3) is 0 Å². The number of nitrogens with zero attached hydrogens (tertiary/aromatic N) is 4. The van der Waals surface area contributed by atoms with Crippen LogP contribution in [0, 0.1) is 24.2 Å². The van der Waals surface area contributed by atoms with Gasteiger partial charge in [0.15, 0.2) is 0 Å². The molecule has 0 fully saturated rings. The highest BCUT2D eigenvalue weighted by Gasteiger charge is 2.09. The third-order valence-corrected chi connectivity index (χ3v) is 2.24. The Balaban J connectivity index is 2.87. The van der Waals surface area contributed by atoms with Gasteiger partial charge in [-0.05, 0) is 13.8 Å². The van der Waals surface area contributed by atoms with Gasteiger partial charge >= 0.3 is 0 Å². The van der Waals surface area contributed by atoms with Gasteiger partial charge in [0.2, 0.25) is 0 Å². The average molecular weight is 219 g/mol. The van der Waals surface area contributed by atoms with Gasteiger partial charge in [-0.25, -0.2) is 9.97 Å². The molecule has 16 heavy (non-hydrogen) atoms. The largest absolute Gasteiger partial charge is 0.373 e. The van der Waals surface area contributed by atoms with E-state index in [0.29, 0.717) is 6.54 Å². The predicted molar refractivity (Wildman–Crippen MR) is 64.4 cm³/mol. The molecule has 0 spiro atoms. The highest BCUT2D eigenvalue weighted by Crippen LogP contribution is 2.15. The normalized spacial score (nSPS) is 11.7. The van der Waals surface area contributed by atoms with E-state index in [1.807, 2.05) is 38.9 Å². The molecule has 1 N–H and O–H groups in total. The van der Waals surface area contributed by atoms with Gasteiger partial charge in [0.05, 0.1) is 12.0 Å². The second-order valence-electron chi connectivity index (χ2n) is 3.82. The van der Waals surface area contributed by atoms with Gasteiger partial charge in [-0.2, -0.15) is 5.26 Å². The van der Waals surface area contributed by atoms with E-state index in [1.54, 1.807) is 0 Å². The summed E-state index contributed by atoms with van der Waals surface area (Å²) in [5, 5.41) is 11.8. The summed E-state index contributed by atoms with van der Waals surface area (Å²) in [6.45, 7) is 4.41. The highest BCUT2D eigenvalue weighted by molar-refractivity contribution is 5.48. The SMILES string of the molecule is CNc1cc(N(C)CC(C)C#N)nc(C)n1. The molecule has 0 aliphatic carbocycles. The predicted octanol–water partition coefficient (Wildman–Crippen LogP) is 1.42. The van der Waals surface area contributed by atoms with Gasteiger partial charge in [0.25, 0.3) is 0 Å². The maximum absolute atomic E-state index is 8.76. The van der Waals surface area contributed by atoms with Crippen molar-refractivity contribution in [2.75, 3.05) is 30.9 Å². The Hall–Kier alpha value is -1.83. The van der Waals surface area contributed by atoms with Crippen LogP contribution in [-0.2, 0) is 0 Å². The molecule has 0 saturated heterocycles. The van der Waals surface area contributed by atoms with Crippen molar-refractivity contribution in [1.29, 1.82) is 5.26 Å². The van der Waals surface area contributed by atoms with Crippen LogP contribution in [0.15, 0.2) is 6.07 Å². The summed E-state index contributed by atoms with van der Waals surface area (Å²) in [5.41, 5.74) is 0. The van der Waals surface area contributed by atoms with Crippen molar-refractivity contribution < 1.29 is 0 Å². The molecule has 1 atom stereocenters. The van der Waals surface area contributed by atoms with Crippen LogP contribution in [0.4, 0.5) is 11.6 Å². The fourth-order valence-electron chi connectivity index (χ4n) is 1.42. The first-order chi connectivity index (χ1) is 7.56. The first-order valence-corrected chi connectivity index (χ1v) is 5.21. The monoisotopic (exact) mass is 219 g/mol. The van der Waals surface area contributed by atoms with Gasteiger partial charge in [-0.1, -0.05) is 0 Å². The van der Waals surface area contributed by atoms with Crippen LogP contribution in [-0.4, -0.2) is 30.6 Å². The number of hydrogen-bond donors (Lipinski definition) is 1. The van der Waals surface area contributed by atoms with Crippen molar-refractivity contribution in [1.82, 2.24) is 9.97 Å². The zero-order valence-electron chi connectivity index (χ0n) is 10.2. The number of rotatable bonds is 4. The van der Waals surface area contributed by atoms with Crippen LogP contribution >= 0.6 is 0 Å². The van der Waals surface area contributed by atoms with E-state index in [4.69, 9.17) is 5.26 Å². The van der Waals surface area contributed by atoms with Crippen molar-refractivity contribution in [3.63, 3.8) is 0 Å². The van der Waals surface area contributed by atoms with E-state index in [2.05, 4.69) is 21.4 Å². The second kappa shape index (κ2) is 5.31. The molecule has 1 aromatic rings. The quantitative estimate of drug-likeness (QED) is 0.829. The third kappa shape index (κ3) is 3.09. The lowest BCUT2D eigenvalue weighted by atomic mass is 10.2. The van der Waals surface area contributed by atoms with Gasteiger partial charge < -0.3 is 10.2 Å². The first kappa shape index (κ1) is 12.2. The topological polar surface area (TPSA) is 64.8 Å². The maximum atomic E-state index is 8.76. The maximum Gasteiger partial charge on any atom is 0.134 e. The smallest absolute Gasteiger partial charge is 0.134 e. The molecule has 5 nitrogen and oxygen atoms in total. The van der Waals surface area contributed by atoms with Crippen LogP contribution in [0.5, 0.6) is 0 Å². The van der Waals surface area contributed by atoms with Crippen molar-refractivity contribution >= 4 is 11.6 Å². The number of aromatic nitrogens is 2. The summed E-state index contributed by atoms with van der Waals surface area (Å²) in [6.07, 6.45) is 0. The average Bonchev–Trinajstić information content (AvgIpc) is 2.27. The molecule has 0 aliphatic heterocycles. The van der Waals surface area contributed by atoms with Crippen molar-refractivity contribution in [3.05, 3.63) is 11.9 Å². The van der Waals surface area contributed by atoms with Gasteiger partial charge in [0, 0.05) is 26.7 Å². The second-order valence-corrected chi connectivity index (χ2v) is 3.82. The molecule has 0 bridgehead atoms. The lowest BCUT2D eigenvalue weighted by molar-refractivity contribution is 0.708. The zero-order chi connectivity index (χ0) is 12.1. The number of anilines is 2. The molecular weight excluding hydrogens is 202 g/mol. The molecule has 0 aliphatic rings. The van der Waals surface area contributed by atoms with E-state index >= 15 is 0 Å². The van der Waals surface area contributed by atoms with Gasteiger partial charge in [0.1, 0.15) is 17.5 Å². The van der Waals surface area contributed by atoms with E-state index in [-0.39, 0.29) is 5.92 Å². The third-order valence-electron chi connectivity index (χ3n) is 2.24. The highest BCUT2D eigenvalue weighted by atomic mass is 15.2. The Kier molecular flexibility index (Phi) is 4.06. The minimum absolute atomic E-state index is 0.0155. The molecule has 1 rings (SSSR count). The molecule has 0 radical (unpaired) electrons. The first-order valence-electron chi connectivity index (χ1n) is 5.21. The van der Waals surface area contributed by atoms with Crippen molar-refractivity contribution in [3.8, 4) is 6.07 Å². The van der Waals surface area contributed by atoms with E-state index in [0.717, 1.165) is 17.5 Å². The summed E-state index contributed by atoms with van der Waals surface area (Å²) >= 11 is 0. The summed E-state index contributed by atoms with van der Waals surface area (Å²) in [7, 11) is 3.75. The van der Waals surface area contributed by atoms with E-state index in [9.17, 15) is 0 Å². The molecule has 5 heteroatoms. The Morgan fingerprint density at radius 2 is 2.25 bits per heavy atom. The Morgan fingerprint density at radius 1 is 1.56 bits per heavy atom. The number of nitriles is 1. The van der Waals surface area contributed by atoms with Crippen LogP contribution in [0.2, 0.25) is 0 Å². The molecule has 1 heterocycles. The van der Waals surface area contributed by atoms with Gasteiger partial charge in [-0.3, -0.25) is 0 Å². The number of nitrogens with one attached hydrogen (secondary N) is 1. The van der Waals surface area contributed by atoms with Crippen molar-refractivity contribution in [2.45, 2.75) is 13.8 Å². The molecule has 86 valence electrons. The van der Waals surface area contributed by atoms with E-state index < -0.39 is 0 Å². The summed E-state index contributed by atoms with van der Waals surface area (Å²) < 4.78 is 0.